The maximum Gasteiger partial charge on any atom is 0.241 e. The van der Waals surface area contributed by atoms with Gasteiger partial charge in [0.15, 0.2) is 0 Å². The van der Waals surface area contributed by atoms with Gasteiger partial charge in [-0.1, -0.05) is 12.1 Å². The number of nitrogens with zero attached hydrogens (tertiary/aromatic N) is 1. The van der Waals surface area contributed by atoms with Gasteiger partial charge in [0.1, 0.15) is 5.75 Å². The van der Waals surface area contributed by atoms with Gasteiger partial charge in [0.25, 0.3) is 0 Å². The van der Waals surface area contributed by atoms with E-state index in [2.05, 4.69) is 10.3 Å². The summed E-state index contributed by atoms with van der Waals surface area (Å²) in [6.45, 7) is 1.33. The molecule has 2 heterocycles. The standard InChI is InChI=1S/C18H21N3O3/c19-17(13-7-10-23-11-8-13)18(22)21-14-4-3-5-15(12-14)24-16-6-1-2-9-20-16/h1-6,9,12-13,17H,7-8,10-11,19H2,(H,21,22). The molecule has 1 aliphatic rings. The summed E-state index contributed by atoms with van der Waals surface area (Å²) in [6.07, 6.45) is 3.29. The number of hydrogen-bond acceptors (Lipinski definition) is 5. The molecule has 1 aliphatic heterocycles. The van der Waals surface area contributed by atoms with Crippen LogP contribution < -0.4 is 15.8 Å². The van der Waals surface area contributed by atoms with Gasteiger partial charge in [0.2, 0.25) is 11.8 Å². The average molecular weight is 327 g/mol. The summed E-state index contributed by atoms with van der Waals surface area (Å²) in [5.74, 6) is 1.08. The second kappa shape index (κ2) is 7.90. The van der Waals surface area contributed by atoms with Gasteiger partial charge in [-0.2, -0.15) is 0 Å². The number of carbonyl (C=O) groups is 1. The minimum atomic E-state index is -0.533. The van der Waals surface area contributed by atoms with Crippen LogP contribution in [0.1, 0.15) is 12.8 Å². The van der Waals surface area contributed by atoms with Gasteiger partial charge in [-0.15, -0.1) is 0 Å². The molecule has 1 fully saturated rings. The van der Waals surface area contributed by atoms with E-state index in [1.54, 1.807) is 24.4 Å². The lowest BCUT2D eigenvalue weighted by molar-refractivity contribution is -0.119. The number of ether oxygens (including phenoxy) is 2. The molecule has 0 aliphatic carbocycles. The van der Waals surface area contributed by atoms with Gasteiger partial charge in [-0.05, 0) is 37.0 Å². The molecule has 6 nitrogen and oxygen atoms in total. The van der Waals surface area contributed by atoms with Gasteiger partial charge in [0, 0.05) is 37.2 Å². The number of hydrogen-bond donors (Lipinski definition) is 2. The molecule has 6 heteroatoms. The molecule has 126 valence electrons. The van der Waals surface area contributed by atoms with E-state index in [9.17, 15) is 4.79 Å². The van der Waals surface area contributed by atoms with E-state index in [0.717, 1.165) is 12.8 Å². The Balaban J connectivity index is 1.62. The van der Waals surface area contributed by atoms with E-state index in [1.165, 1.54) is 0 Å². The lowest BCUT2D eigenvalue weighted by Gasteiger charge is -2.26. The molecule has 1 unspecified atom stereocenters. The molecule has 1 amide bonds. The van der Waals surface area contributed by atoms with Gasteiger partial charge >= 0.3 is 0 Å². The largest absolute Gasteiger partial charge is 0.439 e. The van der Waals surface area contributed by atoms with Crippen molar-refractivity contribution in [3.05, 3.63) is 48.7 Å². The molecule has 3 rings (SSSR count). The van der Waals surface area contributed by atoms with Crippen LogP contribution in [0.2, 0.25) is 0 Å². The SMILES string of the molecule is NC(C(=O)Nc1cccc(Oc2ccccn2)c1)C1CCOCC1. The quantitative estimate of drug-likeness (QED) is 0.881. The summed E-state index contributed by atoms with van der Waals surface area (Å²) in [5, 5.41) is 2.86. The number of anilines is 1. The maximum absolute atomic E-state index is 12.4. The fourth-order valence-corrected chi connectivity index (χ4v) is 2.68. The highest BCUT2D eigenvalue weighted by atomic mass is 16.5. The Bertz CT molecular complexity index is 672. The molecule has 0 bridgehead atoms. The molecule has 0 radical (unpaired) electrons. The smallest absolute Gasteiger partial charge is 0.241 e. The van der Waals surface area contributed by atoms with Crippen molar-refractivity contribution in [2.45, 2.75) is 18.9 Å². The van der Waals surface area contributed by atoms with E-state index in [-0.39, 0.29) is 11.8 Å². The van der Waals surface area contributed by atoms with Gasteiger partial charge in [-0.25, -0.2) is 4.98 Å². The number of pyridine rings is 1. The predicted molar refractivity (Wildman–Crippen MR) is 90.9 cm³/mol. The highest BCUT2D eigenvalue weighted by Crippen LogP contribution is 2.23. The molecule has 1 atom stereocenters. The van der Waals surface area contributed by atoms with Crippen LogP contribution in [0.4, 0.5) is 5.69 Å². The Kier molecular flexibility index (Phi) is 5.40. The second-order valence-corrected chi connectivity index (χ2v) is 5.76. The van der Waals surface area contributed by atoms with E-state index in [1.807, 2.05) is 24.3 Å². The molecule has 1 saturated heterocycles. The average Bonchev–Trinajstić information content (AvgIpc) is 2.63. The van der Waals surface area contributed by atoms with Crippen molar-refractivity contribution < 1.29 is 14.3 Å². The third-order valence-electron chi connectivity index (χ3n) is 4.04. The van der Waals surface area contributed by atoms with Gasteiger partial charge in [0.05, 0.1) is 6.04 Å². The normalized spacial score (nSPS) is 16.4. The second-order valence-electron chi connectivity index (χ2n) is 5.76. The summed E-state index contributed by atoms with van der Waals surface area (Å²) in [6, 6.07) is 12.1. The number of benzene rings is 1. The molecule has 2 aromatic rings. The van der Waals surface area contributed by atoms with Crippen molar-refractivity contribution in [2.75, 3.05) is 18.5 Å². The minimum absolute atomic E-state index is 0.159. The summed E-state index contributed by atoms with van der Waals surface area (Å²) in [7, 11) is 0. The summed E-state index contributed by atoms with van der Waals surface area (Å²) in [5.41, 5.74) is 6.74. The first-order valence-electron chi connectivity index (χ1n) is 8.05. The number of rotatable bonds is 5. The molecule has 3 N–H and O–H groups in total. The van der Waals surface area contributed by atoms with E-state index >= 15 is 0 Å². The fourth-order valence-electron chi connectivity index (χ4n) is 2.68. The monoisotopic (exact) mass is 327 g/mol. The van der Waals surface area contributed by atoms with Crippen LogP contribution in [0.5, 0.6) is 11.6 Å². The molecule has 0 saturated carbocycles. The van der Waals surface area contributed by atoms with Crippen LogP contribution in [0.15, 0.2) is 48.7 Å². The lowest BCUT2D eigenvalue weighted by Crippen LogP contribution is -2.43. The van der Waals surface area contributed by atoms with Crippen molar-refractivity contribution >= 4 is 11.6 Å². The summed E-state index contributed by atoms with van der Waals surface area (Å²) in [4.78, 5) is 16.5. The lowest BCUT2D eigenvalue weighted by atomic mass is 9.92. The Labute approximate surface area is 141 Å². The number of carbonyl (C=O) groups excluding carboxylic acids is 1. The zero-order valence-electron chi connectivity index (χ0n) is 13.4. The first kappa shape index (κ1) is 16.4. The van der Waals surface area contributed by atoms with E-state index in [0.29, 0.717) is 30.5 Å². The molecule has 1 aromatic carbocycles. The number of nitrogens with two attached hydrogens (primary N) is 1. The third-order valence-corrected chi connectivity index (χ3v) is 4.04. The highest BCUT2D eigenvalue weighted by Gasteiger charge is 2.26. The number of amides is 1. The third kappa shape index (κ3) is 4.31. The topological polar surface area (TPSA) is 86.5 Å². The Morgan fingerprint density at radius 1 is 1.25 bits per heavy atom. The van der Waals surface area contributed by atoms with Crippen LogP contribution in [0, 0.1) is 5.92 Å². The Morgan fingerprint density at radius 2 is 2.08 bits per heavy atom. The molecule has 1 aromatic heterocycles. The van der Waals surface area contributed by atoms with E-state index < -0.39 is 6.04 Å². The summed E-state index contributed by atoms with van der Waals surface area (Å²) >= 11 is 0. The molecule has 0 spiro atoms. The number of nitrogens with one attached hydrogen (secondary N) is 1. The van der Waals surface area contributed by atoms with Crippen molar-refractivity contribution in [1.82, 2.24) is 4.98 Å². The molecular formula is C18H21N3O3. The molecule has 24 heavy (non-hydrogen) atoms. The van der Waals surface area contributed by atoms with Crippen LogP contribution in [0.3, 0.4) is 0 Å². The Morgan fingerprint density at radius 3 is 2.83 bits per heavy atom. The van der Waals surface area contributed by atoms with Crippen molar-refractivity contribution in [2.24, 2.45) is 11.7 Å². The maximum atomic E-state index is 12.4. The van der Waals surface area contributed by atoms with Crippen molar-refractivity contribution in [3.63, 3.8) is 0 Å². The van der Waals surface area contributed by atoms with E-state index in [4.69, 9.17) is 15.2 Å². The first-order chi connectivity index (χ1) is 11.7. The zero-order valence-corrected chi connectivity index (χ0v) is 13.4. The van der Waals surface area contributed by atoms with Crippen LogP contribution in [-0.2, 0) is 9.53 Å². The van der Waals surface area contributed by atoms with Crippen LogP contribution in [0.25, 0.3) is 0 Å². The van der Waals surface area contributed by atoms with Crippen molar-refractivity contribution in [3.8, 4) is 11.6 Å². The number of aromatic nitrogens is 1. The van der Waals surface area contributed by atoms with Gasteiger partial charge in [-0.3, -0.25) is 4.79 Å². The fraction of sp³-hybridized carbons (Fsp3) is 0.333. The first-order valence-corrected chi connectivity index (χ1v) is 8.05. The minimum Gasteiger partial charge on any atom is -0.439 e. The van der Waals surface area contributed by atoms with Crippen LogP contribution in [-0.4, -0.2) is 30.1 Å². The van der Waals surface area contributed by atoms with Gasteiger partial charge < -0.3 is 20.5 Å². The molecular weight excluding hydrogens is 306 g/mol. The zero-order chi connectivity index (χ0) is 16.8. The predicted octanol–water partition coefficient (Wildman–Crippen LogP) is 2.57. The Hall–Kier alpha value is -2.44. The highest BCUT2D eigenvalue weighted by molar-refractivity contribution is 5.95. The van der Waals surface area contributed by atoms with Crippen LogP contribution >= 0.6 is 0 Å². The van der Waals surface area contributed by atoms with Crippen molar-refractivity contribution in [1.29, 1.82) is 0 Å². The summed E-state index contributed by atoms with van der Waals surface area (Å²) < 4.78 is 11.0.